The molecule has 0 saturated carbocycles. The fourth-order valence-electron chi connectivity index (χ4n) is 1.79. The first kappa shape index (κ1) is 13.5. The standard InChI is InChI=1S/C12H14ClN3O3/c1-19-10-3-2-8(13)6-9(10)15-7-11(17)16-5-4-14-12(16)18/h2-3,6,15H,4-5,7H2,1H3,(H,14,18). The molecular weight excluding hydrogens is 270 g/mol. The van der Waals surface area contributed by atoms with Crippen LogP contribution in [0, 0.1) is 0 Å². The third-order valence-electron chi connectivity index (χ3n) is 2.75. The van der Waals surface area contributed by atoms with Gasteiger partial charge in [-0.2, -0.15) is 0 Å². The molecule has 3 amide bonds. The lowest BCUT2D eigenvalue weighted by molar-refractivity contribution is -0.125. The highest BCUT2D eigenvalue weighted by atomic mass is 35.5. The number of imide groups is 1. The van der Waals surface area contributed by atoms with Gasteiger partial charge in [0, 0.05) is 18.1 Å². The third-order valence-corrected chi connectivity index (χ3v) is 2.98. The average molecular weight is 284 g/mol. The van der Waals surface area contributed by atoms with Crippen molar-refractivity contribution in [1.82, 2.24) is 10.2 Å². The SMILES string of the molecule is COc1ccc(Cl)cc1NCC(=O)N1CCNC1=O. The van der Waals surface area contributed by atoms with Gasteiger partial charge in [-0.25, -0.2) is 4.79 Å². The number of urea groups is 1. The molecule has 0 unspecified atom stereocenters. The van der Waals surface area contributed by atoms with Crippen molar-refractivity contribution < 1.29 is 14.3 Å². The molecule has 0 bridgehead atoms. The molecule has 1 aromatic rings. The Morgan fingerprint density at radius 3 is 3.00 bits per heavy atom. The van der Waals surface area contributed by atoms with E-state index in [0.717, 1.165) is 0 Å². The Hall–Kier alpha value is -1.95. The maximum Gasteiger partial charge on any atom is 0.324 e. The van der Waals surface area contributed by atoms with E-state index >= 15 is 0 Å². The minimum absolute atomic E-state index is 0.00409. The number of benzene rings is 1. The van der Waals surface area contributed by atoms with Crippen molar-refractivity contribution in [2.45, 2.75) is 0 Å². The first-order valence-electron chi connectivity index (χ1n) is 5.77. The lowest BCUT2D eigenvalue weighted by Crippen LogP contribution is -2.38. The molecule has 0 radical (unpaired) electrons. The molecule has 1 aromatic carbocycles. The van der Waals surface area contributed by atoms with Crippen LogP contribution in [0.5, 0.6) is 5.75 Å². The second-order valence-corrected chi connectivity index (χ2v) is 4.41. The van der Waals surface area contributed by atoms with Crippen molar-refractivity contribution in [2.24, 2.45) is 0 Å². The maximum atomic E-state index is 11.8. The molecule has 0 aromatic heterocycles. The predicted molar refractivity (Wildman–Crippen MR) is 71.6 cm³/mol. The summed E-state index contributed by atoms with van der Waals surface area (Å²) in [5.41, 5.74) is 0.614. The smallest absolute Gasteiger partial charge is 0.324 e. The van der Waals surface area contributed by atoms with Crippen LogP contribution in [-0.4, -0.2) is 43.6 Å². The lowest BCUT2D eigenvalue weighted by Gasteiger charge is -2.15. The fourth-order valence-corrected chi connectivity index (χ4v) is 1.97. The zero-order valence-electron chi connectivity index (χ0n) is 10.4. The number of halogens is 1. The van der Waals surface area contributed by atoms with Crippen molar-refractivity contribution in [2.75, 3.05) is 32.1 Å². The van der Waals surface area contributed by atoms with Gasteiger partial charge in [0.25, 0.3) is 0 Å². The number of ether oxygens (including phenoxy) is 1. The molecule has 1 aliphatic rings. The molecule has 6 nitrogen and oxygen atoms in total. The highest BCUT2D eigenvalue weighted by Crippen LogP contribution is 2.27. The van der Waals surface area contributed by atoms with Gasteiger partial charge in [-0.1, -0.05) is 11.6 Å². The topological polar surface area (TPSA) is 70.7 Å². The molecule has 1 saturated heterocycles. The molecule has 2 rings (SSSR count). The van der Waals surface area contributed by atoms with Crippen LogP contribution in [0.25, 0.3) is 0 Å². The van der Waals surface area contributed by atoms with E-state index in [9.17, 15) is 9.59 Å². The van der Waals surface area contributed by atoms with Gasteiger partial charge < -0.3 is 15.4 Å². The summed E-state index contributed by atoms with van der Waals surface area (Å²) in [5.74, 6) is 0.292. The molecule has 1 fully saturated rings. The van der Waals surface area contributed by atoms with Crippen molar-refractivity contribution in [3.63, 3.8) is 0 Å². The van der Waals surface area contributed by atoms with Crippen LogP contribution in [0.3, 0.4) is 0 Å². The molecule has 0 atom stereocenters. The van der Waals surface area contributed by atoms with Crippen molar-refractivity contribution in [1.29, 1.82) is 0 Å². The number of carbonyl (C=O) groups is 2. The number of nitrogens with one attached hydrogen (secondary N) is 2. The summed E-state index contributed by atoms with van der Waals surface area (Å²) in [6, 6.07) is 4.71. The first-order chi connectivity index (χ1) is 9.11. The van der Waals surface area contributed by atoms with E-state index in [4.69, 9.17) is 16.3 Å². The minimum atomic E-state index is -0.357. The van der Waals surface area contributed by atoms with Gasteiger partial charge in [-0.05, 0) is 18.2 Å². The van der Waals surface area contributed by atoms with Crippen LogP contribution in [0.2, 0.25) is 5.02 Å². The van der Waals surface area contributed by atoms with E-state index in [-0.39, 0.29) is 18.5 Å². The highest BCUT2D eigenvalue weighted by molar-refractivity contribution is 6.30. The van der Waals surface area contributed by atoms with Gasteiger partial charge >= 0.3 is 6.03 Å². The maximum absolute atomic E-state index is 11.8. The van der Waals surface area contributed by atoms with E-state index < -0.39 is 0 Å². The van der Waals surface area contributed by atoms with Gasteiger partial charge in [0.15, 0.2) is 0 Å². The van der Waals surface area contributed by atoms with Gasteiger partial charge in [-0.3, -0.25) is 9.69 Å². The number of amides is 3. The Morgan fingerprint density at radius 2 is 2.37 bits per heavy atom. The van der Waals surface area contributed by atoms with E-state index in [1.54, 1.807) is 18.2 Å². The van der Waals surface area contributed by atoms with Gasteiger partial charge in [-0.15, -0.1) is 0 Å². The molecule has 1 heterocycles. The number of hydrogen-bond donors (Lipinski definition) is 2. The Kier molecular flexibility index (Phi) is 4.11. The third kappa shape index (κ3) is 3.08. The largest absolute Gasteiger partial charge is 0.495 e. The molecule has 0 aliphatic carbocycles. The minimum Gasteiger partial charge on any atom is -0.495 e. The summed E-state index contributed by atoms with van der Waals surface area (Å²) in [6.45, 7) is 0.890. The first-order valence-corrected chi connectivity index (χ1v) is 6.15. The summed E-state index contributed by atoms with van der Waals surface area (Å²) >= 11 is 5.88. The van der Waals surface area contributed by atoms with Crippen LogP contribution < -0.4 is 15.4 Å². The van der Waals surface area contributed by atoms with Gasteiger partial charge in [0.2, 0.25) is 5.91 Å². The van der Waals surface area contributed by atoms with Gasteiger partial charge in [0.1, 0.15) is 5.75 Å². The van der Waals surface area contributed by atoms with Crippen molar-refractivity contribution >= 4 is 29.2 Å². The zero-order valence-corrected chi connectivity index (χ0v) is 11.2. The molecule has 0 spiro atoms. The average Bonchev–Trinajstić information content (AvgIpc) is 2.82. The van der Waals surface area contributed by atoms with Crippen LogP contribution in [0.1, 0.15) is 0 Å². The fraction of sp³-hybridized carbons (Fsp3) is 0.333. The normalized spacial score (nSPS) is 14.2. The number of nitrogens with zero attached hydrogens (tertiary/aromatic N) is 1. The monoisotopic (exact) mass is 283 g/mol. The van der Waals surface area contributed by atoms with E-state index in [1.165, 1.54) is 12.0 Å². The van der Waals surface area contributed by atoms with Gasteiger partial charge in [0.05, 0.1) is 19.3 Å². The van der Waals surface area contributed by atoms with Crippen molar-refractivity contribution in [3.8, 4) is 5.75 Å². The predicted octanol–water partition coefficient (Wildman–Crippen LogP) is 1.31. The number of carbonyl (C=O) groups excluding carboxylic acids is 2. The van der Waals surface area contributed by atoms with Crippen molar-refractivity contribution in [3.05, 3.63) is 23.2 Å². The summed E-state index contributed by atoms with van der Waals surface area (Å²) < 4.78 is 5.15. The summed E-state index contributed by atoms with van der Waals surface area (Å²) in [7, 11) is 1.53. The number of anilines is 1. The van der Waals surface area contributed by atoms with Crippen LogP contribution >= 0.6 is 11.6 Å². The van der Waals surface area contributed by atoms with Crippen LogP contribution in [-0.2, 0) is 4.79 Å². The second kappa shape index (κ2) is 5.79. The Balaban J connectivity index is 2.00. The van der Waals surface area contributed by atoms with Crippen LogP contribution in [0.4, 0.5) is 10.5 Å². The van der Waals surface area contributed by atoms with E-state index in [2.05, 4.69) is 10.6 Å². The number of rotatable bonds is 4. The lowest BCUT2D eigenvalue weighted by atomic mass is 10.3. The Labute approximate surface area is 115 Å². The molecule has 2 N–H and O–H groups in total. The summed E-state index contributed by atoms with van der Waals surface area (Å²) in [4.78, 5) is 24.3. The Morgan fingerprint density at radius 1 is 1.58 bits per heavy atom. The molecule has 1 aliphatic heterocycles. The van der Waals surface area contributed by atoms with E-state index in [0.29, 0.717) is 29.5 Å². The summed E-state index contributed by atoms with van der Waals surface area (Å²) in [5, 5.41) is 6.03. The zero-order chi connectivity index (χ0) is 13.8. The quantitative estimate of drug-likeness (QED) is 0.874. The molecular formula is C12H14ClN3O3. The summed E-state index contributed by atoms with van der Waals surface area (Å²) in [6.07, 6.45) is 0. The second-order valence-electron chi connectivity index (χ2n) is 3.98. The molecule has 19 heavy (non-hydrogen) atoms. The number of hydrogen-bond acceptors (Lipinski definition) is 4. The Bertz CT molecular complexity index is 507. The van der Waals surface area contributed by atoms with E-state index in [1.807, 2.05) is 0 Å². The molecule has 7 heteroatoms. The number of methoxy groups -OCH3 is 1. The highest BCUT2D eigenvalue weighted by Gasteiger charge is 2.25. The van der Waals surface area contributed by atoms with Crippen LogP contribution in [0.15, 0.2) is 18.2 Å². The molecule has 102 valence electrons.